The van der Waals surface area contributed by atoms with Crippen LogP contribution in [0, 0.1) is 0 Å². The average molecular weight is 292 g/mol. The van der Waals surface area contributed by atoms with Crippen LogP contribution in [0.3, 0.4) is 0 Å². The molecule has 1 heterocycles. The van der Waals surface area contributed by atoms with Gasteiger partial charge in [-0.05, 0) is 24.5 Å². The minimum Gasteiger partial charge on any atom is -0.477 e. The molecule has 0 aliphatic heterocycles. The number of sulfonamides is 1. The van der Waals surface area contributed by atoms with Gasteiger partial charge in [0.25, 0.3) is 0 Å². The monoisotopic (exact) mass is 292 g/mol. The first-order valence-corrected chi connectivity index (χ1v) is 8.14. The van der Waals surface area contributed by atoms with E-state index in [1.165, 1.54) is 17.8 Å². The van der Waals surface area contributed by atoms with Gasteiger partial charge < -0.3 is 9.67 Å². The minimum atomic E-state index is -3.62. The molecule has 0 saturated heterocycles. The molecule has 0 radical (unpaired) electrons. The fourth-order valence-corrected chi connectivity index (χ4v) is 2.98. The van der Waals surface area contributed by atoms with Gasteiger partial charge in [-0.25, -0.2) is 17.9 Å². The fourth-order valence-electron chi connectivity index (χ4n) is 1.40. The lowest BCUT2D eigenvalue weighted by Gasteiger charge is -2.03. The Morgan fingerprint density at radius 2 is 2.22 bits per heavy atom. The predicted molar refractivity (Wildman–Crippen MR) is 70.6 cm³/mol. The third-order valence-electron chi connectivity index (χ3n) is 2.33. The van der Waals surface area contributed by atoms with Gasteiger partial charge in [0, 0.05) is 19.8 Å². The van der Waals surface area contributed by atoms with Crippen LogP contribution in [0.1, 0.15) is 16.9 Å². The summed E-state index contributed by atoms with van der Waals surface area (Å²) in [4.78, 5) is 10.8. The predicted octanol–water partition coefficient (Wildman–Crippen LogP) is 0.755. The first-order valence-electron chi connectivity index (χ1n) is 5.26. The zero-order valence-corrected chi connectivity index (χ0v) is 11.8. The van der Waals surface area contributed by atoms with Crippen molar-refractivity contribution in [2.24, 2.45) is 7.05 Å². The van der Waals surface area contributed by atoms with Crippen molar-refractivity contribution < 1.29 is 18.3 Å². The second-order valence-electron chi connectivity index (χ2n) is 3.72. The highest BCUT2D eigenvalue weighted by molar-refractivity contribution is 7.98. The number of carbonyl (C=O) groups is 1. The lowest BCUT2D eigenvalue weighted by Crippen LogP contribution is -2.24. The van der Waals surface area contributed by atoms with E-state index in [1.54, 1.807) is 11.8 Å². The van der Waals surface area contributed by atoms with Crippen LogP contribution in [0.4, 0.5) is 0 Å². The number of aromatic nitrogens is 1. The number of thioether (sulfide) groups is 1. The highest BCUT2D eigenvalue weighted by Gasteiger charge is 2.19. The van der Waals surface area contributed by atoms with Gasteiger partial charge in [-0.15, -0.1) is 0 Å². The molecule has 2 N–H and O–H groups in total. The molecule has 0 saturated carbocycles. The van der Waals surface area contributed by atoms with Gasteiger partial charge in [-0.2, -0.15) is 11.8 Å². The van der Waals surface area contributed by atoms with Crippen molar-refractivity contribution in [3.8, 4) is 0 Å². The lowest BCUT2D eigenvalue weighted by atomic mass is 10.4. The number of hydrogen-bond donors (Lipinski definition) is 2. The molecule has 18 heavy (non-hydrogen) atoms. The zero-order valence-electron chi connectivity index (χ0n) is 10.2. The maximum atomic E-state index is 11.9. The van der Waals surface area contributed by atoms with Crippen LogP contribution in [0.25, 0.3) is 0 Å². The van der Waals surface area contributed by atoms with Crippen molar-refractivity contribution in [3.05, 3.63) is 18.0 Å². The third kappa shape index (κ3) is 3.76. The Hall–Kier alpha value is -0.990. The minimum absolute atomic E-state index is 0.0217. The summed E-state index contributed by atoms with van der Waals surface area (Å²) in [5, 5.41) is 8.85. The summed E-state index contributed by atoms with van der Waals surface area (Å²) in [6.45, 7) is 0.348. The molecule has 0 unspecified atom stereocenters. The van der Waals surface area contributed by atoms with Crippen molar-refractivity contribution >= 4 is 27.8 Å². The normalized spacial score (nSPS) is 11.7. The second kappa shape index (κ2) is 6.26. The van der Waals surface area contributed by atoms with E-state index in [9.17, 15) is 13.2 Å². The highest BCUT2D eigenvalue weighted by atomic mass is 32.2. The van der Waals surface area contributed by atoms with Crippen LogP contribution in [-0.2, 0) is 17.1 Å². The molecule has 8 heteroatoms. The number of carboxylic acids is 1. The van der Waals surface area contributed by atoms with Gasteiger partial charge in [0.2, 0.25) is 10.0 Å². The number of hydrogen-bond acceptors (Lipinski definition) is 4. The maximum absolute atomic E-state index is 11.9. The molecule has 0 atom stereocenters. The van der Waals surface area contributed by atoms with E-state index in [0.29, 0.717) is 6.54 Å². The molecule has 1 rings (SSSR count). The molecule has 0 aromatic carbocycles. The fraction of sp³-hybridized carbons (Fsp3) is 0.500. The molecular formula is C10H16N2O4S2. The summed E-state index contributed by atoms with van der Waals surface area (Å²) >= 11 is 1.64. The Kier molecular flexibility index (Phi) is 5.24. The van der Waals surface area contributed by atoms with Crippen LogP contribution in [0.2, 0.25) is 0 Å². The molecule has 102 valence electrons. The SMILES string of the molecule is CSCCCNS(=O)(=O)c1cc(C(=O)O)n(C)c1. The summed E-state index contributed by atoms with van der Waals surface area (Å²) in [5.41, 5.74) is -0.0560. The lowest BCUT2D eigenvalue weighted by molar-refractivity contribution is 0.0686. The van der Waals surface area contributed by atoms with E-state index >= 15 is 0 Å². The first kappa shape index (κ1) is 15.1. The summed E-state index contributed by atoms with van der Waals surface area (Å²) in [7, 11) is -2.12. The van der Waals surface area contributed by atoms with Crippen LogP contribution < -0.4 is 4.72 Å². The van der Waals surface area contributed by atoms with Crippen LogP contribution in [0.5, 0.6) is 0 Å². The van der Waals surface area contributed by atoms with Gasteiger partial charge >= 0.3 is 5.97 Å². The molecule has 1 aromatic heterocycles. The standard InChI is InChI=1S/C10H16N2O4S2/c1-12-7-8(6-9(12)10(13)14)18(15,16)11-4-3-5-17-2/h6-7,11H,3-5H2,1-2H3,(H,13,14). The highest BCUT2D eigenvalue weighted by Crippen LogP contribution is 2.13. The van der Waals surface area contributed by atoms with E-state index in [1.807, 2.05) is 6.26 Å². The Morgan fingerprint density at radius 3 is 2.72 bits per heavy atom. The number of rotatable bonds is 7. The van der Waals surface area contributed by atoms with Crippen LogP contribution >= 0.6 is 11.8 Å². The molecule has 0 fully saturated rings. The summed E-state index contributed by atoms with van der Waals surface area (Å²) in [6.07, 6.45) is 3.98. The molecule has 0 amide bonds. The Bertz CT molecular complexity index is 522. The van der Waals surface area contributed by atoms with Crippen molar-refractivity contribution in [1.82, 2.24) is 9.29 Å². The van der Waals surface area contributed by atoms with E-state index in [-0.39, 0.29) is 10.6 Å². The molecule has 0 bridgehead atoms. The smallest absolute Gasteiger partial charge is 0.352 e. The van der Waals surface area contributed by atoms with Crippen LogP contribution in [0.15, 0.2) is 17.2 Å². The third-order valence-corrected chi connectivity index (χ3v) is 4.45. The van der Waals surface area contributed by atoms with Crippen molar-refractivity contribution in [1.29, 1.82) is 0 Å². The molecule has 6 nitrogen and oxygen atoms in total. The van der Waals surface area contributed by atoms with Gasteiger partial charge in [-0.1, -0.05) is 0 Å². The number of nitrogens with one attached hydrogen (secondary N) is 1. The topological polar surface area (TPSA) is 88.4 Å². The number of carboxylic acid groups (broad SMARTS) is 1. The van der Waals surface area contributed by atoms with E-state index in [4.69, 9.17) is 5.11 Å². The second-order valence-corrected chi connectivity index (χ2v) is 6.47. The molecule has 1 aromatic rings. The molecule has 0 spiro atoms. The first-order chi connectivity index (χ1) is 8.38. The Balaban J connectivity index is 2.79. The van der Waals surface area contributed by atoms with E-state index in [2.05, 4.69) is 4.72 Å². The summed E-state index contributed by atoms with van der Waals surface area (Å²) < 4.78 is 27.4. The largest absolute Gasteiger partial charge is 0.477 e. The average Bonchev–Trinajstić information content (AvgIpc) is 2.68. The van der Waals surface area contributed by atoms with Crippen LogP contribution in [-0.4, -0.2) is 42.6 Å². The Morgan fingerprint density at radius 1 is 1.56 bits per heavy atom. The molecule has 0 aliphatic rings. The van der Waals surface area contributed by atoms with Crippen molar-refractivity contribution in [2.75, 3.05) is 18.6 Å². The quantitative estimate of drug-likeness (QED) is 0.724. The van der Waals surface area contributed by atoms with E-state index in [0.717, 1.165) is 18.2 Å². The zero-order chi connectivity index (χ0) is 13.8. The Labute approximate surface area is 110 Å². The van der Waals surface area contributed by atoms with Gasteiger partial charge in [0.05, 0.1) is 0 Å². The maximum Gasteiger partial charge on any atom is 0.352 e. The number of aryl methyl sites for hydroxylation is 1. The number of aromatic carboxylic acids is 1. The van der Waals surface area contributed by atoms with Gasteiger partial charge in [0.15, 0.2) is 0 Å². The van der Waals surface area contributed by atoms with Crippen molar-refractivity contribution in [3.63, 3.8) is 0 Å². The molecule has 0 aliphatic carbocycles. The summed E-state index contributed by atoms with van der Waals surface area (Å²) in [6, 6.07) is 1.15. The van der Waals surface area contributed by atoms with Gasteiger partial charge in [-0.3, -0.25) is 0 Å². The van der Waals surface area contributed by atoms with Gasteiger partial charge in [0.1, 0.15) is 10.6 Å². The molecular weight excluding hydrogens is 276 g/mol. The number of nitrogens with zero attached hydrogens (tertiary/aromatic N) is 1. The van der Waals surface area contributed by atoms with E-state index < -0.39 is 16.0 Å². The van der Waals surface area contributed by atoms with Crippen molar-refractivity contribution in [2.45, 2.75) is 11.3 Å². The summed E-state index contributed by atoms with van der Waals surface area (Å²) in [5.74, 6) is -0.279.